The molecule has 0 atom stereocenters. The van der Waals surface area contributed by atoms with E-state index in [0.717, 1.165) is 37.2 Å². The van der Waals surface area contributed by atoms with E-state index in [0.29, 0.717) is 24.1 Å². The van der Waals surface area contributed by atoms with E-state index in [1.807, 2.05) is 31.2 Å². The Balaban J connectivity index is 1.57. The van der Waals surface area contributed by atoms with Crippen LogP contribution in [0, 0.1) is 5.92 Å². The minimum absolute atomic E-state index is 0.0252. The molecule has 1 saturated heterocycles. The molecule has 5 nitrogen and oxygen atoms in total. The van der Waals surface area contributed by atoms with E-state index in [-0.39, 0.29) is 11.9 Å². The van der Waals surface area contributed by atoms with E-state index in [4.69, 9.17) is 20.8 Å². The number of piperidine rings is 1. The Bertz CT molecular complexity index is 693. The lowest BCUT2D eigenvalue weighted by Gasteiger charge is -2.30. The van der Waals surface area contributed by atoms with Crippen LogP contribution in [0.4, 0.5) is 0 Å². The van der Waals surface area contributed by atoms with Gasteiger partial charge in [-0.05, 0) is 45.0 Å². The predicted octanol–water partition coefficient (Wildman–Crippen LogP) is 3.77. The average molecular weight is 349 g/mol. The summed E-state index contributed by atoms with van der Waals surface area (Å²) in [6, 6.07) is 7.50. The fraction of sp³-hybridized carbons (Fsp3) is 0.444. The smallest absolute Gasteiger partial charge is 0.309 e. The van der Waals surface area contributed by atoms with Crippen molar-refractivity contribution < 1.29 is 13.9 Å². The SMILES string of the molecule is CCOC(=O)C1CCN(Cc2coc(-c3ccccc3Cl)n2)CC1. The lowest BCUT2D eigenvalue weighted by Crippen LogP contribution is -2.36. The Morgan fingerprint density at radius 1 is 1.38 bits per heavy atom. The summed E-state index contributed by atoms with van der Waals surface area (Å²) in [4.78, 5) is 18.6. The number of esters is 1. The highest BCUT2D eigenvalue weighted by atomic mass is 35.5. The first kappa shape index (κ1) is 17.0. The van der Waals surface area contributed by atoms with Gasteiger partial charge in [-0.3, -0.25) is 9.69 Å². The van der Waals surface area contributed by atoms with E-state index in [1.54, 1.807) is 6.26 Å². The van der Waals surface area contributed by atoms with Crippen molar-refractivity contribution in [3.05, 3.63) is 41.2 Å². The van der Waals surface area contributed by atoms with Crippen LogP contribution in [0.15, 0.2) is 34.9 Å². The molecule has 1 aromatic heterocycles. The highest BCUT2D eigenvalue weighted by Crippen LogP contribution is 2.27. The fourth-order valence-corrected chi connectivity index (χ4v) is 3.17. The monoisotopic (exact) mass is 348 g/mol. The number of carbonyl (C=O) groups is 1. The molecule has 0 N–H and O–H groups in total. The predicted molar refractivity (Wildman–Crippen MR) is 91.6 cm³/mol. The molecule has 2 heterocycles. The second-order valence-electron chi connectivity index (χ2n) is 5.93. The van der Waals surface area contributed by atoms with Crippen LogP contribution in [0.2, 0.25) is 5.02 Å². The number of aromatic nitrogens is 1. The van der Waals surface area contributed by atoms with E-state index < -0.39 is 0 Å². The normalized spacial score (nSPS) is 16.2. The van der Waals surface area contributed by atoms with Gasteiger partial charge in [-0.1, -0.05) is 23.7 Å². The Hall–Kier alpha value is -1.85. The van der Waals surface area contributed by atoms with Crippen molar-refractivity contribution in [2.24, 2.45) is 5.92 Å². The lowest BCUT2D eigenvalue weighted by atomic mass is 9.97. The molecule has 6 heteroatoms. The quantitative estimate of drug-likeness (QED) is 0.770. The van der Waals surface area contributed by atoms with Crippen LogP contribution in [0.1, 0.15) is 25.5 Å². The number of likely N-dealkylation sites (tertiary alicyclic amines) is 1. The zero-order chi connectivity index (χ0) is 16.9. The molecule has 3 rings (SSSR count). The third-order valence-electron chi connectivity index (χ3n) is 4.25. The molecule has 1 aromatic carbocycles. The molecule has 0 aliphatic carbocycles. The van der Waals surface area contributed by atoms with E-state index >= 15 is 0 Å². The summed E-state index contributed by atoms with van der Waals surface area (Å²) < 4.78 is 10.7. The van der Waals surface area contributed by atoms with Crippen LogP contribution in [-0.4, -0.2) is 35.5 Å². The maximum Gasteiger partial charge on any atom is 0.309 e. The number of ether oxygens (including phenoxy) is 1. The summed E-state index contributed by atoms with van der Waals surface area (Å²) in [7, 11) is 0. The second-order valence-corrected chi connectivity index (χ2v) is 6.33. The van der Waals surface area contributed by atoms with E-state index in [9.17, 15) is 4.79 Å². The van der Waals surface area contributed by atoms with Gasteiger partial charge in [-0.15, -0.1) is 0 Å². The third kappa shape index (κ3) is 3.97. The van der Waals surface area contributed by atoms with Crippen LogP contribution in [0.25, 0.3) is 11.5 Å². The molecule has 2 aromatic rings. The largest absolute Gasteiger partial charge is 0.466 e. The molecule has 0 spiro atoms. The number of oxazole rings is 1. The fourth-order valence-electron chi connectivity index (χ4n) is 2.95. The number of hydrogen-bond donors (Lipinski definition) is 0. The summed E-state index contributed by atoms with van der Waals surface area (Å²) in [5, 5.41) is 0.626. The standard InChI is InChI=1S/C18H21ClN2O3/c1-2-23-18(22)13-7-9-21(10-8-13)11-14-12-24-17(20-14)15-5-3-4-6-16(15)19/h3-6,12-13H,2,7-11H2,1H3. The average Bonchev–Trinajstić information content (AvgIpc) is 3.04. The molecule has 128 valence electrons. The van der Waals surface area contributed by atoms with Gasteiger partial charge in [0.15, 0.2) is 0 Å². The van der Waals surface area contributed by atoms with Gasteiger partial charge in [-0.25, -0.2) is 4.98 Å². The maximum absolute atomic E-state index is 11.8. The molecule has 0 saturated carbocycles. The van der Waals surface area contributed by atoms with Gasteiger partial charge in [0, 0.05) is 6.54 Å². The van der Waals surface area contributed by atoms with Crippen LogP contribution in [0.5, 0.6) is 0 Å². The molecule has 1 aliphatic rings. The Kier molecular flexibility index (Phi) is 5.53. The summed E-state index contributed by atoms with van der Waals surface area (Å²) in [5.41, 5.74) is 1.67. The number of benzene rings is 1. The van der Waals surface area contributed by atoms with Crippen LogP contribution < -0.4 is 0 Å². The van der Waals surface area contributed by atoms with E-state index in [1.165, 1.54) is 0 Å². The van der Waals surface area contributed by atoms with Crippen molar-refractivity contribution in [2.45, 2.75) is 26.3 Å². The van der Waals surface area contributed by atoms with Crippen molar-refractivity contribution >= 4 is 17.6 Å². The van der Waals surface area contributed by atoms with Crippen molar-refractivity contribution in [3.8, 4) is 11.5 Å². The zero-order valence-electron chi connectivity index (χ0n) is 13.7. The molecule has 0 bridgehead atoms. The Labute approximate surface area is 146 Å². The van der Waals surface area contributed by atoms with Gasteiger partial charge in [0.2, 0.25) is 5.89 Å². The minimum atomic E-state index is -0.0698. The van der Waals surface area contributed by atoms with Crippen molar-refractivity contribution in [3.63, 3.8) is 0 Å². The number of rotatable bonds is 5. The number of carbonyl (C=O) groups excluding carboxylic acids is 1. The first-order valence-electron chi connectivity index (χ1n) is 8.25. The molecule has 1 aliphatic heterocycles. The number of hydrogen-bond acceptors (Lipinski definition) is 5. The zero-order valence-corrected chi connectivity index (χ0v) is 14.5. The van der Waals surface area contributed by atoms with Gasteiger partial charge in [0.05, 0.1) is 28.8 Å². The van der Waals surface area contributed by atoms with E-state index in [2.05, 4.69) is 9.88 Å². The summed E-state index contributed by atoms with van der Waals surface area (Å²) >= 11 is 6.18. The summed E-state index contributed by atoms with van der Waals surface area (Å²) in [5.74, 6) is 0.494. The first-order valence-corrected chi connectivity index (χ1v) is 8.63. The molecule has 0 radical (unpaired) electrons. The molecule has 24 heavy (non-hydrogen) atoms. The van der Waals surface area contributed by atoms with Crippen molar-refractivity contribution in [2.75, 3.05) is 19.7 Å². The number of nitrogens with zero attached hydrogens (tertiary/aromatic N) is 2. The lowest BCUT2D eigenvalue weighted by molar-refractivity contribution is -0.149. The molecule has 0 unspecified atom stereocenters. The van der Waals surface area contributed by atoms with Crippen LogP contribution in [-0.2, 0) is 16.1 Å². The Morgan fingerprint density at radius 3 is 2.83 bits per heavy atom. The third-order valence-corrected chi connectivity index (χ3v) is 4.58. The van der Waals surface area contributed by atoms with Crippen molar-refractivity contribution in [1.29, 1.82) is 0 Å². The molecular formula is C18H21ClN2O3. The summed E-state index contributed by atoms with van der Waals surface area (Å²) in [6.07, 6.45) is 3.33. The van der Waals surface area contributed by atoms with Gasteiger partial charge in [-0.2, -0.15) is 0 Å². The highest BCUT2D eigenvalue weighted by molar-refractivity contribution is 6.33. The van der Waals surface area contributed by atoms with Gasteiger partial charge in [0.25, 0.3) is 0 Å². The molecule has 0 amide bonds. The molecular weight excluding hydrogens is 328 g/mol. The van der Waals surface area contributed by atoms with Crippen molar-refractivity contribution in [1.82, 2.24) is 9.88 Å². The molecule has 1 fully saturated rings. The first-order chi connectivity index (χ1) is 11.7. The van der Waals surface area contributed by atoms with Gasteiger partial charge < -0.3 is 9.15 Å². The van der Waals surface area contributed by atoms with Crippen LogP contribution in [0.3, 0.4) is 0 Å². The topological polar surface area (TPSA) is 55.6 Å². The second kappa shape index (κ2) is 7.81. The van der Waals surface area contributed by atoms with Gasteiger partial charge >= 0.3 is 5.97 Å². The maximum atomic E-state index is 11.8. The highest BCUT2D eigenvalue weighted by Gasteiger charge is 2.26. The summed E-state index contributed by atoms with van der Waals surface area (Å²) in [6.45, 7) is 4.72. The van der Waals surface area contributed by atoms with Gasteiger partial charge in [0.1, 0.15) is 6.26 Å². The Morgan fingerprint density at radius 2 is 2.12 bits per heavy atom. The van der Waals surface area contributed by atoms with Crippen LogP contribution >= 0.6 is 11.6 Å². The minimum Gasteiger partial charge on any atom is -0.466 e. The number of halogens is 1.